The van der Waals surface area contributed by atoms with Crippen LogP contribution in [0.4, 0.5) is 0 Å². The summed E-state index contributed by atoms with van der Waals surface area (Å²) in [4.78, 5) is 14.4. The zero-order valence-corrected chi connectivity index (χ0v) is 11.2. The highest BCUT2D eigenvalue weighted by atomic mass is 16.4. The second-order valence-electron chi connectivity index (χ2n) is 5.56. The van der Waals surface area contributed by atoms with Crippen LogP contribution < -0.4 is 5.59 Å². The Hall–Kier alpha value is -1.71. The first-order chi connectivity index (χ1) is 9.16. The molecular weight excluding hydrogens is 237 g/mol. The molecule has 1 heterocycles. The van der Waals surface area contributed by atoms with Crippen molar-refractivity contribution in [2.24, 2.45) is 0 Å². The van der Waals surface area contributed by atoms with E-state index in [0.29, 0.717) is 11.5 Å². The van der Waals surface area contributed by atoms with Crippen molar-refractivity contribution < 1.29 is 9.90 Å². The van der Waals surface area contributed by atoms with Crippen molar-refractivity contribution >= 4 is 30.3 Å². The maximum absolute atomic E-state index is 11.0. The van der Waals surface area contributed by atoms with Crippen LogP contribution in [0, 0.1) is 0 Å². The van der Waals surface area contributed by atoms with Gasteiger partial charge in [0.05, 0.1) is 5.56 Å². The van der Waals surface area contributed by atoms with Gasteiger partial charge in [0.2, 0.25) is 0 Å². The van der Waals surface area contributed by atoms with E-state index >= 15 is 0 Å². The first-order valence-electron chi connectivity index (χ1n) is 7.02. The molecule has 1 saturated carbocycles. The molecule has 19 heavy (non-hydrogen) atoms. The summed E-state index contributed by atoms with van der Waals surface area (Å²) in [5.41, 5.74) is 3.91. The van der Waals surface area contributed by atoms with Crippen LogP contribution in [0.3, 0.4) is 0 Å². The van der Waals surface area contributed by atoms with Crippen molar-refractivity contribution in [1.29, 1.82) is 0 Å². The lowest BCUT2D eigenvalue weighted by Crippen LogP contribution is -2.15. The van der Waals surface area contributed by atoms with Gasteiger partial charge in [0.25, 0.3) is 0 Å². The predicted octanol–water partition coefficient (Wildman–Crippen LogP) is 2.17. The topological polar surface area (TPSA) is 53.1 Å². The van der Waals surface area contributed by atoms with Crippen LogP contribution in [0.25, 0.3) is 10.9 Å². The van der Waals surface area contributed by atoms with E-state index in [2.05, 4.69) is 12.8 Å². The van der Waals surface area contributed by atoms with E-state index in [9.17, 15) is 4.79 Å². The first-order valence-corrected chi connectivity index (χ1v) is 7.02. The van der Waals surface area contributed by atoms with Crippen LogP contribution in [-0.4, -0.2) is 23.9 Å². The van der Waals surface area contributed by atoms with E-state index in [1.54, 1.807) is 12.1 Å². The molecule has 3 nitrogen and oxygen atoms in total. The van der Waals surface area contributed by atoms with E-state index in [1.165, 1.54) is 48.6 Å². The number of carboxylic acid groups (broad SMARTS) is 1. The highest BCUT2D eigenvalue weighted by Crippen LogP contribution is 2.35. The van der Waals surface area contributed by atoms with Crippen molar-refractivity contribution in [2.45, 2.75) is 38.0 Å². The van der Waals surface area contributed by atoms with Gasteiger partial charge in [0, 0.05) is 10.9 Å². The predicted molar refractivity (Wildman–Crippen MR) is 79.3 cm³/mol. The fourth-order valence-electron chi connectivity index (χ4n) is 3.40. The molecule has 0 bridgehead atoms. The van der Waals surface area contributed by atoms with Crippen LogP contribution in [0.1, 0.15) is 53.9 Å². The Morgan fingerprint density at radius 3 is 2.68 bits per heavy atom. The van der Waals surface area contributed by atoms with E-state index in [-0.39, 0.29) is 0 Å². The monoisotopic (exact) mass is 255 g/mol. The van der Waals surface area contributed by atoms with Crippen molar-refractivity contribution in [1.82, 2.24) is 4.98 Å². The highest BCUT2D eigenvalue weighted by Gasteiger charge is 2.21. The van der Waals surface area contributed by atoms with Gasteiger partial charge < -0.3 is 10.1 Å². The maximum Gasteiger partial charge on any atom is 0.335 e. The summed E-state index contributed by atoms with van der Waals surface area (Å²) in [6.45, 7) is 0. The Bertz CT molecular complexity index is 626. The molecule has 0 unspecified atom stereocenters. The van der Waals surface area contributed by atoms with Gasteiger partial charge in [-0.1, -0.05) is 25.3 Å². The number of rotatable bonds is 2. The lowest BCUT2D eigenvalue weighted by atomic mass is 9.80. The van der Waals surface area contributed by atoms with Crippen LogP contribution in [-0.2, 0) is 0 Å². The molecule has 2 aromatic rings. The molecular formula is C15H18BNO2. The molecule has 0 amide bonds. The van der Waals surface area contributed by atoms with E-state index in [0.717, 1.165) is 5.52 Å². The van der Waals surface area contributed by atoms with Crippen LogP contribution in [0.5, 0.6) is 0 Å². The molecule has 3 rings (SSSR count). The number of aromatic amines is 1. The molecule has 1 aliphatic rings. The summed E-state index contributed by atoms with van der Waals surface area (Å²) in [7, 11) is 2.10. The molecule has 1 aliphatic carbocycles. The number of benzene rings is 1. The Kier molecular flexibility index (Phi) is 3.09. The van der Waals surface area contributed by atoms with Crippen LogP contribution in [0.2, 0.25) is 0 Å². The number of aromatic nitrogens is 1. The first kappa shape index (κ1) is 12.3. The van der Waals surface area contributed by atoms with Gasteiger partial charge in [-0.15, -0.1) is 0 Å². The average molecular weight is 255 g/mol. The van der Waals surface area contributed by atoms with Crippen molar-refractivity contribution in [3.63, 3.8) is 0 Å². The standard InChI is InChI=1S/C15H18BNO2/c16-14-13(9-4-2-1-3-5-9)11-7-6-10(15(18)19)8-12(11)17-14/h6-9,17H,1-5,16H2,(H,18,19). The lowest BCUT2D eigenvalue weighted by molar-refractivity contribution is 0.0697. The summed E-state index contributed by atoms with van der Waals surface area (Å²) < 4.78 is 0. The molecule has 0 atom stereocenters. The number of H-pyrrole nitrogens is 1. The molecule has 0 radical (unpaired) electrons. The molecule has 98 valence electrons. The second kappa shape index (κ2) is 4.76. The molecule has 2 N–H and O–H groups in total. The fourth-order valence-corrected chi connectivity index (χ4v) is 3.40. The van der Waals surface area contributed by atoms with Gasteiger partial charge in [0.15, 0.2) is 7.85 Å². The van der Waals surface area contributed by atoms with E-state index in [1.807, 2.05) is 6.07 Å². The van der Waals surface area contributed by atoms with Gasteiger partial charge in [0.1, 0.15) is 0 Å². The maximum atomic E-state index is 11.0. The normalized spacial score (nSPS) is 16.8. The largest absolute Gasteiger partial charge is 0.478 e. The van der Waals surface area contributed by atoms with Crippen LogP contribution >= 0.6 is 0 Å². The quantitative estimate of drug-likeness (QED) is 0.808. The third-order valence-electron chi connectivity index (χ3n) is 4.30. The number of carboxylic acids is 1. The molecule has 1 fully saturated rings. The third kappa shape index (κ3) is 2.16. The molecule has 4 heteroatoms. The third-order valence-corrected chi connectivity index (χ3v) is 4.30. The Labute approximate surface area is 113 Å². The number of hydrogen-bond acceptors (Lipinski definition) is 1. The van der Waals surface area contributed by atoms with Crippen molar-refractivity contribution in [3.05, 3.63) is 29.3 Å². The van der Waals surface area contributed by atoms with Gasteiger partial charge >= 0.3 is 5.97 Å². The Morgan fingerprint density at radius 2 is 2.00 bits per heavy atom. The van der Waals surface area contributed by atoms with E-state index < -0.39 is 5.97 Å². The smallest absolute Gasteiger partial charge is 0.335 e. The molecule has 0 aliphatic heterocycles. The van der Waals surface area contributed by atoms with Crippen molar-refractivity contribution in [3.8, 4) is 0 Å². The Morgan fingerprint density at radius 1 is 1.26 bits per heavy atom. The number of fused-ring (bicyclic) bond motifs is 1. The summed E-state index contributed by atoms with van der Waals surface area (Å²) in [5.74, 6) is -0.230. The van der Waals surface area contributed by atoms with Crippen molar-refractivity contribution in [2.75, 3.05) is 0 Å². The minimum atomic E-state index is -0.867. The van der Waals surface area contributed by atoms with E-state index in [4.69, 9.17) is 5.11 Å². The molecule has 1 aromatic heterocycles. The zero-order chi connectivity index (χ0) is 13.4. The summed E-state index contributed by atoms with van der Waals surface area (Å²) >= 11 is 0. The number of nitrogens with one attached hydrogen (secondary N) is 1. The Balaban J connectivity index is 2.09. The lowest BCUT2D eigenvalue weighted by Gasteiger charge is -2.22. The van der Waals surface area contributed by atoms with Gasteiger partial charge in [-0.2, -0.15) is 0 Å². The second-order valence-corrected chi connectivity index (χ2v) is 5.56. The van der Waals surface area contributed by atoms with Crippen LogP contribution in [0.15, 0.2) is 18.2 Å². The molecule has 0 spiro atoms. The number of carbonyl (C=O) groups is 1. The number of hydrogen-bond donors (Lipinski definition) is 2. The zero-order valence-electron chi connectivity index (χ0n) is 11.2. The summed E-state index contributed by atoms with van der Waals surface area (Å²) in [6.07, 6.45) is 6.48. The van der Waals surface area contributed by atoms with Gasteiger partial charge in [-0.05, 0) is 42.0 Å². The fraction of sp³-hybridized carbons (Fsp3) is 0.400. The average Bonchev–Trinajstić information content (AvgIpc) is 2.74. The summed E-state index contributed by atoms with van der Waals surface area (Å²) in [6, 6.07) is 5.42. The molecule has 1 aromatic carbocycles. The molecule has 0 saturated heterocycles. The minimum Gasteiger partial charge on any atom is -0.478 e. The number of aromatic carboxylic acids is 1. The van der Waals surface area contributed by atoms with Gasteiger partial charge in [-0.25, -0.2) is 4.79 Å². The minimum absolute atomic E-state index is 0.351. The van der Waals surface area contributed by atoms with Gasteiger partial charge in [-0.3, -0.25) is 0 Å². The SMILES string of the molecule is Bc1[nH]c2cc(C(=O)O)ccc2c1C1CCCCC1. The highest BCUT2D eigenvalue weighted by molar-refractivity contribution is 6.33. The summed E-state index contributed by atoms with van der Waals surface area (Å²) in [5, 5.41) is 10.3.